The Labute approximate surface area is 199 Å². The molecule has 2 aromatic carbocycles. The number of hydrogen-bond donors (Lipinski definition) is 2. The van der Waals surface area contributed by atoms with Crippen LogP contribution in [0.2, 0.25) is 0 Å². The smallest absolute Gasteiger partial charge is 0.269 e. The summed E-state index contributed by atoms with van der Waals surface area (Å²) in [5.74, 6) is -2.37. The monoisotopic (exact) mass is 479 g/mol. The molecule has 0 radical (unpaired) electrons. The molecule has 10 heteroatoms. The first-order valence-electron chi connectivity index (χ1n) is 11.6. The number of halogens is 2. The Morgan fingerprint density at radius 2 is 1.89 bits per heavy atom. The van der Waals surface area contributed by atoms with E-state index in [1.165, 1.54) is 16.8 Å². The zero-order chi connectivity index (χ0) is 24.4. The first kappa shape index (κ1) is 21.7. The molecule has 0 unspecified atom stereocenters. The SMILES string of the molecule is NC(=O)c1nn(CC(=O)N2[C@@H]3C[C@@H]3C[C@H]2C(=O)N[C@@H]2C[C@H]2c2ccc(F)cc2F)c2ccccc12. The normalized spacial score (nSPS) is 26.5. The molecule has 5 atom stereocenters. The van der Waals surface area contributed by atoms with E-state index in [1.807, 2.05) is 0 Å². The van der Waals surface area contributed by atoms with Crippen molar-refractivity contribution in [2.45, 2.75) is 49.9 Å². The molecule has 3 aliphatic rings. The van der Waals surface area contributed by atoms with E-state index < -0.39 is 23.6 Å². The van der Waals surface area contributed by atoms with Crippen LogP contribution in [0.15, 0.2) is 42.5 Å². The Morgan fingerprint density at radius 3 is 2.66 bits per heavy atom. The van der Waals surface area contributed by atoms with Crippen LogP contribution in [0.1, 0.15) is 41.2 Å². The van der Waals surface area contributed by atoms with Crippen molar-refractivity contribution in [3.05, 3.63) is 65.4 Å². The Bertz CT molecular complexity index is 1390. The van der Waals surface area contributed by atoms with Crippen LogP contribution in [0.5, 0.6) is 0 Å². The summed E-state index contributed by atoms with van der Waals surface area (Å²) in [6.07, 6.45) is 2.00. The van der Waals surface area contributed by atoms with E-state index >= 15 is 0 Å². The molecule has 1 aromatic heterocycles. The van der Waals surface area contributed by atoms with Crippen LogP contribution in [0.25, 0.3) is 10.9 Å². The van der Waals surface area contributed by atoms with E-state index in [0.717, 1.165) is 12.5 Å². The molecule has 3 N–H and O–H groups in total. The van der Waals surface area contributed by atoms with E-state index in [-0.39, 0.29) is 48.0 Å². The lowest BCUT2D eigenvalue weighted by Gasteiger charge is -2.27. The molecule has 3 fully saturated rings. The van der Waals surface area contributed by atoms with Crippen molar-refractivity contribution in [2.75, 3.05) is 0 Å². The van der Waals surface area contributed by atoms with Crippen molar-refractivity contribution in [3.8, 4) is 0 Å². The number of nitrogens with one attached hydrogen (secondary N) is 1. The maximum absolute atomic E-state index is 14.1. The molecule has 8 nitrogen and oxygen atoms in total. The third-order valence-electron chi connectivity index (χ3n) is 7.35. The highest BCUT2D eigenvalue weighted by molar-refractivity contribution is 6.04. The van der Waals surface area contributed by atoms with E-state index in [4.69, 9.17) is 5.73 Å². The zero-order valence-electron chi connectivity index (χ0n) is 18.7. The number of nitrogens with zero attached hydrogens (tertiary/aromatic N) is 3. The number of piperidine rings is 1. The van der Waals surface area contributed by atoms with Gasteiger partial charge in [-0.1, -0.05) is 24.3 Å². The average molecular weight is 479 g/mol. The maximum atomic E-state index is 14.1. The van der Waals surface area contributed by atoms with Gasteiger partial charge in [0, 0.05) is 29.5 Å². The lowest BCUT2D eigenvalue weighted by molar-refractivity contribution is -0.140. The lowest BCUT2D eigenvalue weighted by Crippen LogP contribution is -2.49. The van der Waals surface area contributed by atoms with Crippen LogP contribution in [0.4, 0.5) is 8.78 Å². The molecule has 180 valence electrons. The predicted molar refractivity (Wildman–Crippen MR) is 121 cm³/mol. The van der Waals surface area contributed by atoms with Gasteiger partial charge < -0.3 is 16.0 Å². The van der Waals surface area contributed by atoms with Crippen LogP contribution >= 0.6 is 0 Å². The van der Waals surface area contributed by atoms with Gasteiger partial charge in [0.1, 0.15) is 24.2 Å². The molecule has 3 aromatic rings. The van der Waals surface area contributed by atoms with E-state index in [2.05, 4.69) is 10.4 Å². The van der Waals surface area contributed by atoms with E-state index in [0.29, 0.717) is 29.3 Å². The van der Waals surface area contributed by atoms with Gasteiger partial charge in [-0.15, -0.1) is 0 Å². The number of rotatable bonds is 6. The molecule has 3 amide bonds. The summed E-state index contributed by atoms with van der Waals surface area (Å²) in [4.78, 5) is 39.9. The topological polar surface area (TPSA) is 110 Å². The van der Waals surface area contributed by atoms with Crippen LogP contribution in [-0.2, 0) is 16.1 Å². The number of hydrogen-bond acceptors (Lipinski definition) is 4. The Kier molecular flexibility index (Phi) is 4.87. The molecule has 1 aliphatic heterocycles. The number of likely N-dealkylation sites (tertiary alicyclic amines) is 1. The predicted octanol–water partition coefficient (Wildman–Crippen LogP) is 2.08. The second-order valence-corrected chi connectivity index (χ2v) is 9.63. The fraction of sp³-hybridized carbons (Fsp3) is 0.360. The third kappa shape index (κ3) is 3.73. The number of carbonyl (C=O) groups is 3. The van der Waals surface area contributed by atoms with Gasteiger partial charge in [-0.05, 0) is 42.9 Å². The molecule has 2 heterocycles. The largest absolute Gasteiger partial charge is 0.364 e. The first-order valence-corrected chi connectivity index (χ1v) is 11.6. The van der Waals surface area contributed by atoms with Crippen LogP contribution in [-0.4, -0.2) is 50.5 Å². The molecule has 0 spiro atoms. The average Bonchev–Trinajstić information content (AvgIpc) is 3.69. The van der Waals surface area contributed by atoms with Gasteiger partial charge in [0.25, 0.3) is 5.91 Å². The number of nitrogens with two attached hydrogens (primary N) is 1. The third-order valence-corrected chi connectivity index (χ3v) is 7.35. The van der Waals surface area contributed by atoms with Crippen LogP contribution < -0.4 is 11.1 Å². The van der Waals surface area contributed by atoms with Gasteiger partial charge in [0.2, 0.25) is 11.8 Å². The molecule has 1 saturated heterocycles. The molecule has 2 saturated carbocycles. The lowest BCUT2D eigenvalue weighted by atomic mass is 10.1. The highest BCUT2D eigenvalue weighted by Gasteiger charge is 2.56. The number of para-hydroxylation sites is 1. The number of aromatic nitrogens is 2. The summed E-state index contributed by atoms with van der Waals surface area (Å²) < 4.78 is 28.8. The fourth-order valence-corrected chi connectivity index (χ4v) is 5.47. The minimum atomic E-state index is -0.676. The van der Waals surface area contributed by atoms with Gasteiger partial charge >= 0.3 is 0 Å². The number of carbonyl (C=O) groups excluding carboxylic acids is 3. The number of primary amides is 1. The summed E-state index contributed by atoms with van der Waals surface area (Å²) in [5, 5.41) is 7.77. The van der Waals surface area contributed by atoms with Crippen molar-refractivity contribution < 1.29 is 23.2 Å². The quantitative estimate of drug-likeness (QED) is 0.564. The van der Waals surface area contributed by atoms with E-state index in [9.17, 15) is 23.2 Å². The molecule has 35 heavy (non-hydrogen) atoms. The van der Waals surface area contributed by atoms with Gasteiger partial charge in [-0.3, -0.25) is 19.1 Å². The highest BCUT2D eigenvalue weighted by Crippen LogP contribution is 2.49. The summed E-state index contributed by atoms with van der Waals surface area (Å²) in [7, 11) is 0. The summed E-state index contributed by atoms with van der Waals surface area (Å²) in [6.45, 7) is -0.117. The second kappa shape index (κ2) is 7.86. The molecule has 2 aliphatic carbocycles. The standard InChI is InChI=1S/C25H23F2N5O3/c26-13-5-6-14(17(27)9-13)16-10-18(16)29-25(35)21-8-12-7-20(12)32(21)22(33)11-31-19-4-2-1-3-15(19)23(30-31)24(28)34/h1-6,9,12,16,18,20-21H,7-8,10-11H2,(H2,28,34)(H,29,35)/t12-,16+,18-,20-,21+/m1/s1. The number of fused-ring (bicyclic) bond motifs is 2. The molecule has 6 rings (SSSR count). The van der Waals surface area contributed by atoms with Gasteiger partial charge in [0.15, 0.2) is 5.69 Å². The van der Waals surface area contributed by atoms with Gasteiger partial charge in [-0.2, -0.15) is 5.10 Å². The van der Waals surface area contributed by atoms with Crippen LogP contribution in [0, 0.1) is 17.6 Å². The Balaban J connectivity index is 1.17. The van der Waals surface area contributed by atoms with Crippen molar-refractivity contribution in [3.63, 3.8) is 0 Å². The summed E-state index contributed by atoms with van der Waals surface area (Å²) in [6, 6.07) is 9.67. The summed E-state index contributed by atoms with van der Waals surface area (Å²) >= 11 is 0. The zero-order valence-corrected chi connectivity index (χ0v) is 18.7. The van der Waals surface area contributed by atoms with Crippen molar-refractivity contribution in [1.82, 2.24) is 20.0 Å². The summed E-state index contributed by atoms with van der Waals surface area (Å²) in [5.41, 5.74) is 6.55. The van der Waals surface area contributed by atoms with Crippen LogP contribution in [0.3, 0.4) is 0 Å². The minimum absolute atomic E-state index is 0.0141. The second-order valence-electron chi connectivity index (χ2n) is 9.63. The minimum Gasteiger partial charge on any atom is -0.364 e. The fourth-order valence-electron chi connectivity index (χ4n) is 5.47. The molecular formula is C25H23F2N5O3. The molecular weight excluding hydrogens is 456 g/mol. The van der Waals surface area contributed by atoms with Crippen molar-refractivity contribution in [2.24, 2.45) is 11.7 Å². The number of benzene rings is 2. The molecule has 0 bridgehead atoms. The highest BCUT2D eigenvalue weighted by atomic mass is 19.1. The Morgan fingerprint density at radius 1 is 1.09 bits per heavy atom. The maximum Gasteiger partial charge on any atom is 0.269 e. The van der Waals surface area contributed by atoms with Gasteiger partial charge in [-0.25, -0.2) is 8.78 Å². The first-order chi connectivity index (χ1) is 16.8. The number of amides is 3. The van der Waals surface area contributed by atoms with Crippen molar-refractivity contribution >= 4 is 28.6 Å². The Hall–Kier alpha value is -3.82. The van der Waals surface area contributed by atoms with E-state index in [1.54, 1.807) is 29.2 Å². The van der Waals surface area contributed by atoms with Crippen molar-refractivity contribution in [1.29, 1.82) is 0 Å². The van der Waals surface area contributed by atoms with Gasteiger partial charge in [0.05, 0.1) is 5.52 Å².